The van der Waals surface area contributed by atoms with Crippen LogP contribution in [0.5, 0.6) is 0 Å². The van der Waals surface area contributed by atoms with Gasteiger partial charge in [0, 0.05) is 6.20 Å². The molecule has 0 aliphatic rings. The van der Waals surface area contributed by atoms with Crippen molar-refractivity contribution in [2.24, 2.45) is 0 Å². The highest BCUT2D eigenvalue weighted by atomic mass is 15.1. The molecule has 0 amide bonds. The Balaban J connectivity index is 2.61. The molecule has 3 nitrogen and oxygen atoms in total. The monoisotopic (exact) mass is 203 g/mol. The molecule has 1 N–H and O–H groups in total. The van der Waals surface area contributed by atoms with Crippen molar-refractivity contribution >= 4 is 5.65 Å². The van der Waals surface area contributed by atoms with Crippen molar-refractivity contribution in [2.75, 3.05) is 7.05 Å². The maximum Gasteiger partial charge on any atom is 0.136 e. The predicted octanol–water partition coefficient (Wildman–Crippen LogP) is 2.18. The lowest BCUT2D eigenvalue weighted by atomic mass is 9.95. The zero-order valence-corrected chi connectivity index (χ0v) is 9.49. The number of nitrogens with one attached hydrogen (secondary N) is 1. The molecule has 0 aromatic carbocycles. The Hall–Kier alpha value is -1.35. The standard InChI is InChI=1S/C12H17N3/c1-4-12(2,13-3)10-9-14-11-7-5-6-8-15(10)11/h5-9,13H,4H2,1-3H3. The van der Waals surface area contributed by atoms with Crippen LogP contribution in [0, 0.1) is 0 Å². The van der Waals surface area contributed by atoms with Gasteiger partial charge in [0.15, 0.2) is 0 Å². The number of pyridine rings is 1. The number of fused-ring (bicyclic) bond motifs is 1. The summed E-state index contributed by atoms with van der Waals surface area (Å²) in [7, 11) is 1.99. The lowest BCUT2D eigenvalue weighted by Gasteiger charge is -2.27. The molecule has 0 spiro atoms. The van der Waals surface area contributed by atoms with E-state index in [1.807, 2.05) is 31.4 Å². The van der Waals surface area contributed by atoms with E-state index in [1.165, 1.54) is 5.69 Å². The average molecular weight is 203 g/mol. The molecule has 0 aliphatic heterocycles. The largest absolute Gasteiger partial charge is 0.309 e. The van der Waals surface area contributed by atoms with Crippen LogP contribution in [0.1, 0.15) is 26.0 Å². The van der Waals surface area contributed by atoms with Gasteiger partial charge in [-0.2, -0.15) is 0 Å². The van der Waals surface area contributed by atoms with Crippen LogP contribution in [0.3, 0.4) is 0 Å². The molecule has 80 valence electrons. The van der Waals surface area contributed by atoms with Gasteiger partial charge in [0.25, 0.3) is 0 Å². The van der Waals surface area contributed by atoms with E-state index in [4.69, 9.17) is 0 Å². The molecule has 0 fully saturated rings. The van der Waals surface area contributed by atoms with E-state index >= 15 is 0 Å². The first kappa shape index (κ1) is 10.2. The smallest absolute Gasteiger partial charge is 0.136 e. The van der Waals surface area contributed by atoms with Gasteiger partial charge in [-0.05, 0) is 32.5 Å². The maximum atomic E-state index is 4.40. The molecule has 0 radical (unpaired) electrons. The minimum atomic E-state index is -0.0131. The van der Waals surface area contributed by atoms with Gasteiger partial charge in [-0.25, -0.2) is 4.98 Å². The van der Waals surface area contributed by atoms with Crippen molar-refractivity contribution in [3.05, 3.63) is 36.3 Å². The molecule has 15 heavy (non-hydrogen) atoms. The Morgan fingerprint density at radius 3 is 2.93 bits per heavy atom. The van der Waals surface area contributed by atoms with Crippen LogP contribution in [-0.2, 0) is 5.54 Å². The van der Waals surface area contributed by atoms with E-state index in [9.17, 15) is 0 Å². The van der Waals surface area contributed by atoms with Crippen LogP contribution in [-0.4, -0.2) is 16.4 Å². The fraction of sp³-hybridized carbons (Fsp3) is 0.417. The quantitative estimate of drug-likeness (QED) is 0.828. The lowest BCUT2D eigenvalue weighted by molar-refractivity contribution is 0.372. The fourth-order valence-corrected chi connectivity index (χ4v) is 1.83. The van der Waals surface area contributed by atoms with Gasteiger partial charge in [-0.15, -0.1) is 0 Å². The molecular weight excluding hydrogens is 186 g/mol. The SMILES string of the molecule is CCC(C)(NC)c1cnc2ccccn12. The second kappa shape index (κ2) is 3.66. The second-order valence-electron chi connectivity index (χ2n) is 4.01. The summed E-state index contributed by atoms with van der Waals surface area (Å²) in [6.07, 6.45) is 5.05. The first-order valence-corrected chi connectivity index (χ1v) is 5.33. The van der Waals surface area contributed by atoms with Crippen molar-refractivity contribution in [3.63, 3.8) is 0 Å². The predicted molar refractivity (Wildman–Crippen MR) is 61.9 cm³/mol. The summed E-state index contributed by atoms with van der Waals surface area (Å²) in [4.78, 5) is 4.40. The van der Waals surface area contributed by atoms with Gasteiger partial charge in [0.05, 0.1) is 17.4 Å². The summed E-state index contributed by atoms with van der Waals surface area (Å²) in [6, 6.07) is 6.06. The van der Waals surface area contributed by atoms with Crippen LogP contribution in [0.4, 0.5) is 0 Å². The molecule has 0 saturated heterocycles. The summed E-state index contributed by atoms with van der Waals surface area (Å²) in [5.41, 5.74) is 2.20. The molecule has 1 unspecified atom stereocenters. The summed E-state index contributed by atoms with van der Waals surface area (Å²) in [5.74, 6) is 0. The van der Waals surface area contributed by atoms with Gasteiger partial charge in [-0.3, -0.25) is 0 Å². The van der Waals surface area contributed by atoms with Crippen molar-refractivity contribution in [2.45, 2.75) is 25.8 Å². The second-order valence-corrected chi connectivity index (χ2v) is 4.01. The number of hydrogen-bond acceptors (Lipinski definition) is 2. The van der Waals surface area contributed by atoms with E-state index < -0.39 is 0 Å². The Kier molecular flexibility index (Phi) is 2.49. The lowest BCUT2D eigenvalue weighted by Crippen LogP contribution is -2.37. The first-order chi connectivity index (χ1) is 7.21. The summed E-state index contributed by atoms with van der Waals surface area (Å²) in [5, 5.41) is 3.36. The van der Waals surface area contributed by atoms with Crippen molar-refractivity contribution in [1.82, 2.24) is 14.7 Å². The van der Waals surface area contributed by atoms with E-state index in [0.29, 0.717) is 0 Å². The number of nitrogens with zero attached hydrogens (tertiary/aromatic N) is 2. The molecule has 0 saturated carbocycles. The molecule has 2 rings (SSSR count). The Bertz CT molecular complexity index is 455. The third-order valence-electron chi connectivity index (χ3n) is 3.24. The molecular formula is C12H17N3. The number of imidazole rings is 1. The van der Waals surface area contributed by atoms with E-state index in [2.05, 4.69) is 34.7 Å². The van der Waals surface area contributed by atoms with Crippen LogP contribution in [0.25, 0.3) is 5.65 Å². The van der Waals surface area contributed by atoms with Gasteiger partial charge in [0.1, 0.15) is 5.65 Å². The summed E-state index contributed by atoms with van der Waals surface area (Å²) >= 11 is 0. The summed E-state index contributed by atoms with van der Waals surface area (Å²) < 4.78 is 2.14. The van der Waals surface area contributed by atoms with Crippen molar-refractivity contribution in [3.8, 4) is 0 Å². The molecule has 0 bridgehead atoms. The zero-order chi connectivity index (χ0) is 10.9. The third-order valence-corrected chi connectivity index (χ3v) is 3.24. The number of aromatic nitrogens is 2. The van der Waals surface area contributed by atoms with Crippen LogP contribution in [0.2, 0.25) is 0 Å². The highest BCUT2D eigenvalue weighted by molar-refractivity contribution is 5.41. The number of rotatable bonds is 3. The minimum absolute atomic E-state index is 0.0131. The Labute approximate surface area is 90.1 Å². The van der Waals surface area contributed by atoms with Crippen LogP contribution in [0.15, 0.2) is 30.6 Å². The Morgan fingerprint density at radius 2 is 2.27 bits per heavy atom. The highest BCUT2D eigenvalue weighted by Crippen LogP contribution is 2.24. The van der Waals surface area contributed by atoms with Gasteiger partial charge in [0.2, 0.25) is 0 Å². The fourth-order valence-electron chi connectivity index (χ4n) is 1.83. The minimum Gasteiger partial charge on any atom is -0.309 e. The van der Waals surface area contributed by atoms with E-state index in [-0.39, 0.29) is 5.54 Å². The van der Waals surface area contributed by atoms with E-state index in [0.717, 1.165) is 12.1 Å². The number of hydrogen-bond donors (Lipinski definition) is 1. The third kappa shape index (κ3) is 1.53. The first-order valence-electron chi connectivity index (χ1n) is 5.33. The Morgan fingerprint density at radius 1 is 1.47 bits per heavy atom. The molecule has 2 aromatic rings. The molecule has 3 heteroatoms. The maximum absolute atomic E-state index is 4.40. The van der Waals surface area contributed by atoms with Crippen molar-refractivity contribution in [1.29, 1.82) is 0 Å². The van der Waals surface area contributed by atoms with Gasteiger partial charge in [-0.1, -0.05) is 13.0 Å². The molecule has 2 aromatic heterocycles. The van der Waals surface area contributed by atoms with Crippen LogP contribution >= 0.6 is 0 Å². The van der Waals surface area contributed by atoms with Crippen molar-refractivity contribution < 1.29 is 0 Å². The molecule has 2 heterocycles. The molecule has 1 atom stereocenters. The van der Waals surface area contributed by atoms with Gasteiger partial charge < -0.3 is 9.72 Å². The summed E-state index contributed by atoms with van der Waals surface area (Å²) in [6.45, 7) is 4.38. The van der Waals surface area contributed by atoms with E-state index in [1.54, 1.807) is 0 Å². The normalized spacial score (nSPS) is 15.4. The highest BCUT2D eigenvalue weighted by Gasteiger charge is 2.25. The molecule has 0 aliphatic carbocycles. The van der Waals surface area contributed by atoms with Gasteiger partial charge >= 0.3 is 0 Å². The van der Waals surface area contributed by atoms with Crippen LogP contribution < -0.4 is 5.32 Å². The zero-order valence-electron chi connectivity index (χ0n) is 9.49. The topological polar surface area (TPSA) is 29.3 Å². The average Bonchev–Trinajstić information content (AvgIpc) is 2.72.